The molecule has 0 fully saturated rings. The average molecular weight is 310 g/mol. The number of benzene rings is 1. The topological polar surface area (TPSA) is 69.7 Å². The predicted octanol–water partition coefficient (Wildman–Crippen LogP) is 1.82. The first-order chi connectivity index (χ1) is 9.99. The van der Waals surface area contributed by atoms with E-state index < -0.39 is 21.6 Å². The van der Waals surface area contributed by atoms with Crippen LogP contribution in [0.3, 0.4) is 0 Å². The molecule has 1 rings (SSSR count). The Labute approximate surface area is 125 Å². The van der Waals surface area contributed by atoms with Crippen molar-refractivity contribution >= 4 is 15.8 Å². The van der Waals surface area contributed by atoms with E-state index in [1.807, 2.05) is 6.92 Å². The molecule has 0 aliphatic carbocycles. The van der Waals surface area contributed by atoms with Crippen LogP contribution in [0.5, 0.6) is 5.75 Å². The molecule has 0 atom stereocenters. The van der Waals surface area contributed by atoms with E-state index >= 15 is 0 Å². The molecule has 0 unspecified atom stereocenters. The third kappa shape index (κ3) is 5.88. The standard InChI is InChI=1S/C15H18O5S/c1-3-5-6-11-20-13-7-9-14(10-8-13)21(17,18)12-15(16)19-4-2/h7-10H,3-4,11-12H2,1-2H3. The van der Waals surface area contributed by atoms with Gasteiger partial charge in [0.2, 0.25) is 0 Å². The van der Waals surface area contributed by atoms with Gasteiger partial charge in [0, 0.05) is 6.42 Å². The number of hydrogen-bond donors (Lipinski definition) is 0. The fourth-order valence-corrected chi connectivity index (χ4v) is 2.59. The molecule has 0 N–H and O–H groups in total. The zero-order chi connectivity index (χ0) is 15.7. The molecule has 0 radical (unpaired) electrons. The second-order valence-electron chi connectivity index (χ2n) is 4.03. The van der Waals surface area contributed by atoms with E-state index in [2.05, 4.69) is 16.6 Å². The molecule has 0 saturated carbocycles. The molecule has 114 valence electrons. The molecule has 0 spiro atoms. The Morgan fingerprint density at radius 1 is 1.14 bits per heavy atom. The maximum Gasteiger partial charge on any atom is 0.321 e. The van der Waals surface area contributed by atoms with E-state index in [0.29, 0.717) is 5.75 Å². The second-order valence-corrected chi connectivity index (χ2v) is 6.02. The molecule has 0 amide bonds. The van der Waals surface area contributed by atoms with Crippen molar-refractivity contribution in [1.82, 2.24) is 0 Å². The van der Waals surface area contributed by atoms with E-state index in [4.69, 9.17) is 4.74 Å². The molecule has 1 aromatic rings. The Morgan fingerprint density at radius 2 is 1.81 bits per heavy atom. The summed E-state index contributed by atoms with van der Waals surface area (Å²) in [5.41, 5.74) is 0. The number of ether oxygens (including phenoxy) is 2. The van der Waals surface area contributed by atoms with Gasteiger partial charge in [-0.1, -0.05) is 12.8 Å². The van der Waals surface area contributed by atoms with Crippen LogP contribution in [-0.4, -0.2) is 33.4 Å². The summed E-state index contributed by atoms with van der Waals surface area (Å²) in [4.78, 5) is 11.3. The Kier molecular flexibility index (Phi) is 6.76. The van der Waals surface area contributed by atoms with E-state index in [1.165, 1.54) is 24.3 Å². The smallest absolute Gasteiger partial charge is 0.321 e. The zero-order valence-electron chi connectivity index (χ0n) is 12.1. The van der Waals surface area contributed by atoms with Crippen molar-refractivity contribution in [3.8, 4) is 17.6 Å². The lowest BCUT2D eigenvalue weighted by Crippen LogP contribution is -2.18. The highest BCUT2D eigenvalue weighted by molar-refractivity contribution is 7.92. The molecule has 0 aliphatic heterocycles. The lowest BCUT2D eigenvalue weighted by Gasteiger charge is -2.06. The highest BCUT2D eigenvalue weighted by Crippen LogP contribution is 2.17. The van der Waals surface area contributed by atoms with Gasteiger partial charge in [0.15, 0.2) is 15.6 Å². The molecular formula is C15H18O5S. The third-order valence-corrected chi connectivity index (χ3v) is 4.01. The number of rotatable bonds is 6. The van der Waals surface area contributed by atoms with Gasteiger partial charge < -0.3 is 9.47 Å². The normalized spacial score (nSPS) is 10.4. The van der Waals surface area contributed by atoms with E-state index in [9.17, 15) is 13.2 Å². The molecular weight excluding hydrogens is 292 g/mol. The summed E-state index contributed by atoms with van der Waals surface area (Å²) in [6, 6.07) is 5.87. The van der Waals surface area contributed by atoms with Crippen LogP contribution in [0.4, 0.5) is 0 Å². The van der Waals surface area contributed by atoms with Gasteiger partial charge in [-0.05, 0) is 31.2 Å². The van der Waals surface area contributed by atoms with E-state index in [1.54, 1.807) is 6.92 Å². The number of carbonyl (C=O) groups is 1. The Morgan fingerprint density at radius 3 is 2.38 bits per heavy atom. The summed E-state index contributed by atoms with van der Waals surface area (Å²) in [5, 5.41) is 0. The zero-order valence-corrected chi connectivity index (χ0v) is 12.9. The quantitative estimate of drug-likeness (QED) is 0.592. The van der Waals surface area contributed by atoms with Crippen LogP contribution in [0.15, 0.2) is 29.2 Å². The highest BCUT2D eigenvalue weighted by Gasteiger charge is 2.20. The molecule has 21 heavy (non-hydrogen) atoms. The minimum atomic E-state index is -3.69. The van der Waals surface area contributed by atoms with Gasteiger partial charge in [-0.15, -0.1) is 5.92 Å². The van der Waals surface area contributed by atoms with Crippen molar-refractivity contribution in [3.05, 3.63) is 24.3 Å². The summed E-state index contributed by atoms with van der Waals surface area (Å²) in [7, 11) is -3.69. The largest absolute Gasteiger partial charge is 0.481 e. The number of hydrogen-bond acceptors (Lipinski definition) is 5. The first-order valence-corrected chi connectivity index (χ1v) is 8.21. The molecule has 6 heteroatoms. The lowest BCUT2D eigenvalue weighted by molar-refractivity contribution is -0.139. The van der Waals surface area contributed by atoms with Crippen molar-refractivity contribution in [2.45, 2.75) is 25.2 Å². The summed E-state index contributed by atoms with van der Waals surface area (Å²) in [5.74, 6) is 4.79. The van der Waals surface area contributed by atoms with Crippen molar-refractivity contribution in [2.24, 2.45) is 0 Å². The summed E-state index contributed by atoms with van der Waals surface area (Å²) in [6.07, 6.45) is 0.758. The molecule has 0 bridgehead atoms. The molecule has 5 nitrogen and oxygen atoms in total. The van der Waals surface area contributed by atoms with Crippen LogP contribution in [-0.2, 0) is 19.4 Å². The van der Waals surface area contributed by atoms with Gasteiger partial charge >= 0.3 is 5.97 Å². The summed E-state index contributed by atoms with van der Waals surface area (Å²) < 4.78 is 33.9. The van der Waals surface area contributed by atoms with Crippen molar-refractivity contribution < 1.29 is 22.7 Å². The van der Waals surface area contributed by atoms with Crippen LogP contribution in [0, 0.1) is 11.8 Å². The molecule has 0 saturated heterocycles. The Balaban J connectivity index is 2.70. The van der Waals surface area contributed by atoms with Gasteiger partial charge in [-0.3, -0.25) is 4.79 Å². The maximum atomic E-state index is 12.0. The van der Waals surface area contributed by atoms with Crippen molar-refractivity contribution in [3.63, 3.8) is 0 Å². The first-order valence-electron chi connectivity index (χ1n) is 6.56. The second kappa shape index (κ2) is 8.32. The Hall–Kier alpha value is -2.00. The van der Waals surface area contributed by atoms with Crippen LogP contribution in [0.2, 0.25) is 0 Å². The first kappa shape index (κ1) is 17.1. The predicted molar refractivity (Wildman–Crippen MR) is 78.7 cm³/mol. The molecule has 1 aromatic carbocycles. The van der Waals surface area contributed by atoms with E-state index in [0.717, 1.165) is 6.42 Å². The van der Waals surface area contributed by atoms with Crippen LogP contribution < -0.4 is 4.74 Å². The third-order valence-electron chi connectivity index (χ3n) is 2.41. The minimum absolute atomic E-state index is 0.0579. The highest BCUT2D eigenvalue weighted by atomic mass is 32.2. The van der Waals surface area contributed by atoms with Crippen LogP contribution in [0.1, 0.15) is 20.3 Å². The van der Waals surface area contributed by atoms with Gasteiger partial charge in [0.25, 0.3) is 0 Å². The van der Waals surface area contributed by atoms with Gasteiger partial charge in [-0.25, -0.2) is 8.42 Å². The van der Waals surface area contributed by atoms with Crippen LogP contribution >= 0.6 is 0 Å². The van der Waals surface area contributed by atoms with Gasteiger partial charge in [0.1, 0.15) is 12.4 Å². The SMILES string of the molecule is CCC#CCOc1ccc(S(=O)(=O)CC(=O)OCC)cc1. The summed E-state index contributed by atoms with van der Waals surface area (Å²) >= 11 is 0. The molecule has 0 aromatic heterocycles. The molecule has 0 aliphatic rings. The van der Waals surface area contributed by atoms with Crippen LogP contribution in [0.25, 0.3) is 0 Å². The molecule has 0 heterocycles. The maximum absolute atomic E-state index is 12.0. The van der Waals surface area contributed by atoms with Crippen molar-refractivity contribution in [2.75, 3.05) is 19.0 Å². The fraction of sp³-hybridized carbons (Fsp3) is 0.400. The Bertz CT molecular complexity index is 620. The number of sulfone groups is 1. The lowest BCUT2D eigenvalue weighted by atomic mass is 10.3. The summed E-state index contributed by atoms with van der Waals surface area (Å²) in [6.45, 7) is 3.97. The number of carbonyl (C=O) groups excluding carboxylic acids is 1. The monoisotopic (exact) mass is 310 g/mol. The van der Waals surface area contributed by atoms with Gasteiger partial charge in [0.05, 0.1) is 11.5 Å². The van der Waals surface area contributed by atoms with E-state index in [-0.39, 0.29) is 18.1 Å². The number of esters is 1. The minimum Gasteiger partial charge on any atom is -0.481 e. The van der Waals surface area contributed by atoms with Crippen molar-refractivity contribution in [1.29, 1.82) is 0 Å². The fourth-order valence-electron chi connectivity index (χ4n) is 1.48. The van der Waals surface area contributed by atoms with Gasteiger partial charge in [-0.2, -0.15) is 0 Å². The average Bonchev–Trinajstić information content (AvgIpc) is 2.44.